The van der Waals surface area contributed by atoms with E-state index >= 15 is 0 Å². The van der Waals surface area contributed by atoms with Crippen molar-refractivity contribution in [2.45, 2.75) is 57.9 Å². The number of halogens is 1. The van der Waals surface area contributed by atoms with Crippen LogP contribution in [0.1, 0.15) is 45.3 Å². The van der Waals surface area contributed by atoms with Crippen molar-refractivity contribution in [3.8, 4) is 0 Å². The quantitative estimate of drug-likeness (QED) is 0.878. The Morgan fingerprint density at radius 1 is 1.36 bits per heavy atom. The van der Waals surface area contributed by atoms with E-state index in [4.69, 9.17) is 4.74 Å². The standard InChI is InChI=1S/C18H26FNO2/c1-11(10-15(21)12-4-6-13(19)7-5-12)20-16-14-8-9-22-17(14)18(16,2)3/h4-7,11,14-17,20-21H,8-10H2,1-3H3. The van der Waals surface area contributed by atoms with Gasteiger partial charge >= 0.3 is 0 Å². The molecule has 1 aliphatic carbocycles. The van der Waals surface area contributed by atoms with Gasteiger partial charge in [-0.05, 0) is 37.5 Å². The lowest BCUT2D eigenvalue weighted by Gasteiger charge is -2.55. The summed E-state index contributed by atoms with van der Waals surface area (Å²) in [4.78, 5) is 0. The Morgan fingerprint density at radius 2 is 2.05 bits per heavy atom. The number of hydrogen-bond donors (Lipinski definition) is 2. The van der Waals surface area contributed by atoms with Crippen LogP contribution in [-0.2, 0) is 4.74 Å². The molecule has 0 amide bonds. The predicted octanol–water partition coefficient (Wildman–Crippen LogP) is 3.04. The molecule has 4 heteroatoms. The maximum Gasteiger partial charge on any atom is 0.123 e. The lowest BCUT2D eigenvalue weighted by Crippen LogP contribution is -2.67. The highest BCUT2D eigenvalue weighted by Crippen LogP contribution is 2.52. The van der Waals surface area contributed by atoms with Gasteiger partial charge in [0.15, 0.2) is 0 Å². The Morgan fingerprint density at radius 3 is 2.73 bits per heavy atom. The normalized spacial score (nSPS) is 32.1. The van der Waals surface area contributed by atoms with E-state index in [0.717, 1.165) is 18.6 Å². The second kappa shape index (κ2) is 5.91. The summed E-state index contributed by atoms with van der Waals surface area (Å²) in [5.74, 6) is 0.325. The zero-order chi connectivity index (χ0) is 15.9. The number of hydrogen-bond acceptors (Lipinski definition) is 3. The average molecular weight is 307 g/mol. The van der Waals surface area contributed by atoms with Gasteiger partial charge in [0.1, 0.15) is 5.82 Å². The third-order valence-electron chi connectivity index (χ3n) is 5.40. The zero-order valence-corrected chi connectivity index (χ0v) is 13.6. The van der Waals surface area contributed by atoms with E-state index in [0.29, 0.717) is 24.5 Å². The predicted molar refractivity (Wildman–Crippen MR) is 84.0 cm³/mol. The molecule has 5 unspecified atom stereocenters. The number of ether oxygens (including phenoxy) is 1. The van der Waals surface area contributed by atoms with E-state index in [1.165, 1.54) is 12.1 Å². The fraction of sp³-hybridized carbons (Fsp3) is 0.667. The fourth-order valence-corrected chi connectivity index (χ4v) is 4.19. The largest absolute Gasteiger partial charge is 0.388 e. The molecule has 1 saturated carbocycles. The molecule has 0 radical (unpaired) electrons. The number of aliphatic hydroxyl groups is 1. The van der Waals surface area contributed by atoms with Crippen molar-refractivity contribution in [1.82, 2.24) is 5.32 Å². The lowest BCUT2D eigenvalue weighted by atomic mass is 9.57. The third kappa shape index (κ3) is 2.80. The highest BCUT2D eigenvalue weighted by atomic mass is 19.1. The molecule has 1 aliphatic heterocycles. The summed E-state index contributed by atoms with van der Waals surface area (Å²) in [7, 11) is 0. The second-order valence-corrected chi connectivity index (χ2v) is 7.41. The smallest absolute Gasteiger partial charge is 0.123 e. The van der Waals surface area contributed by atoms with Gasteiger partial charge in [0.05, 0.1) is 12.2 Å². The Labute approximate surface area is 131 Å². The Kier molecular flexibility index (Phi) is 4.27. The van der Waals surface area contributed by atoms with Crippen LogP contribution in [0.3, 0.4) is 0 Å². The lowest BCUT2D eigenvalue weighted by molar-refractivity contribution is -0.115. The minimum atomic E-state index is -0.568. The minimum absolute atomic E-state index is 0.149. The van der Waals surface area contributed by atoms with Crippen molar-refractivity contribution in [2.24, 2.45) is 11.3 Å². The fourth-order valence-electron chi connectivity index (χ4n) is 4.19. The maximum absolute atomic E-state index is 12.9. The summed E-state index contributed by atoms with van der Waals surface area (Å²) in [5, 5.41) is 14.0. The number of rotatable bonds is 5. The Hall–Kier alpha value is -0.970. The molecule has 1 heterocycles. The number of fused-ring (bicyclic) bond motifs is 1. The molecule has 0 bridgehead atoms. The Balaban J connectivity index is 1.56. The first kappa shape index (κ1) is 15.9. The van der Waals surface area contributed by atoms with E-state index in [1.807, 2.05) is 0 Å². The number of nitrogens with one attached hydrogen (secondary N) is 1. The summed E-state index contributed by atoms with van der Waals surface area (Å²) in [6.45, 7) is 7.47. The first-order valence-corrected chi connectivity index (χ1v) is 8.21. The molecule has 1 aromatic carbocycles. The van der Waals surface area contributed by atoms with E-state index < -0.39 is 6.10 Å². The zero-order valence-electron chi connectivity index (χ0n) is 13.6. The summed E-state index contributed by atoms with van der Waals surface area (Å²) < 4.78 is 18.8. The molecule has 0 aromatic heterocycles. The summed E-state index contributed by atoms with van der Waals surface area (Å²) >= 11 is 0. The van der Waals surface area contributed by atoms with E-state index in [-0.39, 0.29) is 17.3 Å². The molecule has 122 valence electrons. The van der Waals surface area contributed by atoms with Crippen LogP contribution in [0.4, 0.5) is 4.39 Å². The molecule has 3 rings (SSSR count). The van der Waals surface area contributed by atoms with E-state index in [1.54, 1.807) is 12.1 Å². The monoisotopic (exact) mass is 307 g/mol. The molecule has 3 nitrogen and oxygen atoms in total. The molecular formula is C18H26FNO2. The SMILES string of the molecule is CC(CC(O)c1ccc(F)cc1)NC1C2CCOC2C1(C)C. The van der Waals surface area contributed by atoms with Gasteiger partial charge in [-0.3, -0.25) is 0 Å². The van der Waals surface area contributed by atoms with Crippen molar-refractivity contribution in [3.63, 3.8) is 0 Å². The molecule has 2 aliphatic rings. The van der Waals surface area contributed by atoms with Gasteiger partial charge < -0.3 is 15.2 Å². The van der Waals surface area contributed by atoms with Crippen molar-refractivity contribution < 1.29 is 14.2 Å². The Bertz CT molecular complexity index is 516. The third-order valence-corrected chi connectivity index (χ3v) is 5.40. The van der Waals surface area contributed by atoms with Crippen LogP contribution in [0, 0.1) is 17.2 Å². The average Bonchev–Trinajstić information content (AvgIpc) is 2.92. The van der Waals surface area contributed by atoms with Gasteiger partial charge in [-0.2, -0.15) is 0 Å². The first-order valence-electron chi connectivity index (χ1n) is 8.21. The van der Waals surface area contributed by atoms with Crippen LogP contribution >= 0.6 is 0 Å². The van der Waals surface area contributed by atoms with Crippen LogP contribution in [0.25, 0.3) is 0 Å². The minimum Gasteiger partial charge on any atom is -0.388 e. The van der Waals surface area contributed by atoms with E-state index in [9.17, 15) is 9.50 Å². The van der Waals surface area contributed by atoms with E-state index in [2.05, 4.69) is 26.1 Å². The van der Waals surface area contributed by atoms with Gasteiger partial charge in [-0.1, -0.05) is 26.0 Å². The molecule has 22 heavy (non-hydrogen) atoms. The summed E-state index contributed by atoms with van der Waals surface area (Å²) in [6.07, 6.45) is 1.55. The van der Waals surface area contributed by atoms with Crippen LogP contribution in [0.2, 0.25) is 0 Å². The molecule has 5 atom stereocenters. The summed E-state index contributed by atoms with van der Waals surface area (Å²) in [6, 6.07) is 6.74. The molecule has 2 fully saturated rings. The maximum atomic E-state index is 12.9. The molecule has 1 saturated heterocycles. The van der Waals surface area contributed by atoms with Crippen molar-refractivity contribution >= 4 is 0 Å². The van der Waals surface area contributed by atoms with Crippen LogP contribution in [0.15, 0.2) is 24.3 Å². The summed E-state index contributed by atoms with van der Waals surface area (Å²) in [5.41, 5.74) is 0.918. The van der Waals surface area contributed by atoms with Crippen molar-refractivity contribution in [2.75, 3.05) is 6.61 Å². The highest BCUT2D eigenvalue weighted by Gasteiger charge is 2.59. The van der Waals surface area contributed by atoms with Gasteiger partial charge in [0.25, 0.3) is 0 Å². The van der Waals surface area contributed by atoms with Crippen molar-refractivity contribution in [1.29, 1.82) is 0 Å². The molecule has 2 N–H and O–H groups in total. The van der Waals surface area contributed by atoms with Crippen molar-refractivity contribution in [3.05, 3.63) is 35.6 Å². The topological polar surface area (TPSA) is 41.5 Å². The molecule has 1 aromatic rings. The number of benzene rings is 1. The van der Waals surface area contributed by atoms with Crippen LogP contribution in [0.5, 0.6) is 0 Å². The van der Waals surface area contributed by atoms with Gasteiger partial charge in [0.2, 0.25) is 0 Å². The molecular weight excluding hydrogens is 281 g/mol. The highest BCUT2D eigenvalue weighted by molar-refractivity contribution is 5.19. The molecule has 0 spiro atoms. The van der Waals surface area contributed by atoms with Gasteiger partial charge in [0, 0.05) is 30.0 Å². The van der Waals surface area contributed by atoms with Gasteiger partial charge in [-0.15, -0.1) is 0 Å². The number of aliphatic hydroxyl groups excluding tert-OH is 1. The second-order valence-electron chi connectivity index (χ2n) is 7.41. The van der Waals surface area contributed by atoms with Crippen LogP contribution < -0.4 is 5.32 Å². The van der Waals surface area contributed by atoms with Gasteiger partial charge in [-0.25, -0.2) is 4.39 Å². The first-order chi connectivity index (χ1) is 10.4. The van der Waals surface area contributed by atoms with Crippen LogP contribution in [-0.4, -0.2) is 29.9 Å².